The van der Waals surface area contributed by atoms with E-state index in [2.05, 4.69) is 17.6 Å². The van der Waals surface area contributed by atoms with Crippen molar-refractivity contribution in [3.05, 3.63) is 0 Å². The molecule has 0 aromatic carbocycles. The average Bonchev–Trinajstić information content (AvgIpc) is 2.21. The van der Waals surface area contributed by atoms with E-state index >= 15 is 0 Å². The molecular formula is C11H21FN2. The third-order valence-corrected chi connectivity index (χ3v) is 3.64. The maximum atomic E-state index is 13.0. The van der Waals surface area contributed by atoms with Crippen LogP contribution in [0.1, 0.15) is 32.6 Å². The van der Waals surface area contributed by atoms with E-state index in [4.69, 9.17) is 0 Å². The van der Waals surface area contributed by atoms with Crippen LogP contribution in [-0.2, 0) is 0 Å². The van der Waals surface area contributed by atoms with Crippen molar-refractivity contribution in [2.45, 2.75) is 50.9 Å². The highest BCUT2D eigenvalue weighted by Gasteiger charge is 2.29. The normalized spacial score (nSPS) is 45.0. The van der Waals surface area contributed by atoms with Gasteiger partial charge in [0, 0.05) is 25.2 Å². The van der Waals surface area contributed by atoms with Crippen LogP contribution in [0.3, 0.4) is 0 Å². The maximum Gasteiger partial charge on any atom is 0.100 e. The van der Waals surface area contributed by atoms with Crippen LogP contribution < -0.4 is 10.6 Å². The fourth-order valence-electron chi connectivity index (χ4n) is 2.61. The highest BCUT2D eigenvalue weighted by Crippen LogP contribution is 2.28. The zero-order valence-corrected chi connectivity index (χ0v) is 8.93. The van der Waals surface area contributed by atoms with Crippen molar-refractivity contribution in [2.24, 2.45) is 5.92 Å². The molecule has 2 nitrogen and oxygen atoms in total. The molecule has 14 heavy (non-hydrogen) atoms. The fourth-order valence-corrected chi connectivity index (χ4v) is 2.61. The monoisotopic (exact) mass is 200 g/mol. The minimum atomic E-state index is -0.526. The molecule has 1 heterocycles. The van der Waals surface area contributed by atoms with Gasteiger partial charge in [-0.2, -0.15) is 0 Å². The summed E-state index contributed by atoms with van der Waals surface area (Å²) in [6.07, 6.45) is 3.15. The lowest BCUT2D eigenvalue weighted by molar-refractivity contribution is 0.164. The molecule has 0 aromatic heterocycles. The lowest BCUT2D eigenvalue weighted by Crippen LogP contribution is -2.56. The van der Waals surface area contributed by atoms with E-state index in [1.165, 1.54) is 0 Å². The minimum Gasteiger partial charge on any atom is -0.311 e. The third kappa shape index (κ3) is 2.45. The molecule has 82 valence electrons. The van der Waals surface area contributed by atoms with Crippen LogP contribution in [0, 0.1) is 5.92 Å². The lowest BCUT2D eigenvalue weighted by Gasteiger charge is -2.37. The van der Waals surface area contributed by atoms with Gasteiger partial charge in [0.25, 0.3) is 0 Å². The fraction of sp³-hybridized carbons (Fsp3) is 1.00. The summed E-state index contributed by atoms with van der Waals surface area (Å²) in [4.78, 5) is 0. The molecule has 1 saturated heterocycles. The van der Waals surface area contributed by atoms with E-state index < -0.39 is 6.17 Å². The molecule has 2 aliphatic rings. The molecule has 3 heteroatoms. The molecule has 2 unspecified atom stereocenters. The van der Waals surface area contributed by atoms with Gasteiger partial charge in [0.2, 0.25) is 0 Å². The van der Waals surface area contributed by atoms with Gasteiger partial charge >= 0.3 is 0 Å². The SMILES string of the molecule is CC1CNC(C2CCC(F)CC2)CN1. The standard InChI is InChI=1S/C11H21FN2/c1-8-6-14-11(7-13-8)9-2-4-10(12)5-3-9/h8-11,13-14H,2-7H2,1H3. The Hall–Kier alpha value is -0.150. The first kappa shape index (κ1) is 10.4. The number of hydrogen-bond donors (Lipinski definition) is 2. The van der Waals surface area contributed by atoms with Crippen molar-refractivity contribution >= 4 is 0 Å². The Morgan fingerprint density at radius 3 is 2.29 bits per heavy atom. The maximum absolute atomic E-state index is 13.0. The van der Waals surface area contributed by atoms with Gasteiger partial charge in [-0.25, -0.2) is 4.39 Å². The summed E-state index contributed by atoms with van der Waals surface area (Å²) in [7, 11) is 0. The Morgan fingerprint density at radius 1 is 1.00 bits per heavy atom. The Bertz CT molecular complexity index is 150. The van der Waals surface area contributed by atoms with E-state index in [0.717, 1.165) is 38.8 Å². The van der Waals surface area contributed by atoms with Crippen LogP contribution in [0.15, 0.2) is 0 Å². The van der Waals surface area contributed by atoms with E-state index in [1.807, 2.05) is 0 Å². The van der Waals surface area contributed by atoms with E-state index in [0.29, 0.717) is 18.0 Å². The molecule has 0 bridgehead atoms. The predicted octanol–water partition coefficient (Wildman–Crippen LogP) is 1.46. The van der Waals surface area contributed by atoms with Crippen molar-refractivity contribution in [2.75, 3.05) is 13.1 Å². The van der Waals surface area contributed by atoms with Crippen LogP contribution in [-0.4, -0.2) is 31.3 Å². The van der Waals surface area contributed by atoms with Crippen molar-refractivity contribution in [1.29, 1.82) is 0 Å². The van der Waals surface area contributed by atoms with Gasteiger partial charge in [-0.15, -0.1) is 0 Å². The largest absolute Gasteiger partial charge is 0.311 e. The molecule has 2 rings (SSSR count). The summed E-state index contributed by atoms with van der Waals surface area (Å²) in [5, 5.41) is 7.05. The third-order valence-electron chi connectivity index (χ3n) is 3.64. The molecule has 0 spiro atoms. The molecule has 2 fully saturated rings. The van der Waals surface area contributed by atoms with Gasteiger partial charge < -0.3 is 10.6 Å². The van der Waals surface area contributed by atoms with Gasteiger partial charge in [-0.05, 0) is 38.5 Å². The topological polar surface area (TPSA) is 24.1 Å². The first-order valence-electron chi connectivity index (χ1n) is 5.86. The van der Waals surface area contributed by atoms with Gasteiger partial charge in [0.15, 0.2) is 0 Å². The molecule has 1 aliphatic carbocycles. The molecule has 2 atom stereocenters. The highest BCUT2D eigenvalue weighted by molar-refractivity contribution is 4.88. The molecule has 1 aliphatic heterocycles. The van der Waals surface area contributed by atoms with Crippen molar-refractivity contribution in [3.63, 3.8) is 0 Å². The Labute approximate surface area is 85.6 Å². The smallest absolute Gasteiger partial charge is 0.100 e. The summed E-state index contributed by atoms with van der Waals surface area (Å²) in [5.41, 5.74) is 0. The molecule has 0 aromatic rings. The number of halogens is 1. The van der Waals surface area contributed by atoms with E-state index in [-0.39, 0.29) is 0 Å². The summed E-state index contributed by atoms with van der Waals surface area (Å²) >= 11 is 0. The van der Waals surface area contributed by atoms with Gasteiger partial charge in [0.05, 0.1) is 0 Å². The number of alkyl halides is 1. The van der Waals surface area contributed by atoms with Crippen LogP contribution >= 0.6 is 0 Å². The quantitative estimate of drug-likeness (QED) is 0.669. The predicted molar refractivity (Wildman–Crippen MR) is 56.1 cm³/mol. The van der Waals surface area contributed by atoms with Crippen LogP contribution in [0.5, 0.6) is 0 Å². The van der Waals surface area contributed by atoms with Gasteiger partial charge in [-0.3, -0.25) is 0 Å². The highest BCUT2D eigenvalue weighted by atomic mass is 19.1. The Balaban J connectivity index is 1.78. The summed E-state index contributed by atoms with van der Waals surface area (Å²) in [6.45, 7) is 4.31. The Morgan fingerprint density at radius 2 is 1.71 bits per heavy atom. The lowest BCUT2D eigenvalue weighted by atomic mass is 9.82. The summed E-state index contributed by atoms with van der Waals surface area (Å²) in [6, 6.07) is 1.17. The molecule has 0 amide bonds. The molecule has 0 radical (unpaired) electrons. The summed E-state index contributed by atoms with van der Waals surface area (Å²) in [5.74, 6) is 0.696. The first-order chi connectivity index (χ1) is 6.75. The second-order valence-electron chi connectivity index (χ2n) is 4.84. The van der Waals surface area contributed by atoms with Crippen molar-refractivity contribution in [1.82, 2.24) is 10.6 Å². The van der Waals surface area contributed by atoms with Crippen LogP contribution in [0.25, 0.3) is 0 Å². The number of nitrogens with one attached hydrogen (secondary N) is 2. The minimum absolute atomic E-state index is 0.526. The average molecular weight is 200 g/mol. The molecule has 2 N–H and O–H groups in total. The van der Waals surface area contributed by atoms with E-state index in [1.54, 1.807) is 0 Å². The van der Waals surface area contributed by atoms with Gasteiger partial charge in [-0.1, -0.05) is 0 Å². The summed E-state index contributed by atoms with van der Waals surface area (Å²) < 4.78 is 13.0. The number of hydrogen-bond acceptors (Lipinski definition) is 2. The number of rotatable bonds is 1. The van der Waals surface area contributed by atoms with Crippen molar-refractivity contribution in [3.8, 4) is 0 Å². The zero-order valence-electron chi connectivity index (χ0n) is 8.93. The zero-order chi connectivity index (χ0) is 9.97. The Kier molecular flexibility index (Phi) is 3.39. The van der Waals surface area contributed by atoms with E-state index in [9.17, 15) is 4.39 Å². The number of piperazine rings is 1. The molecule has 1 saturated carbocycles. The second-order valence-corrected chi connectivity index (χ2v) is 4.84. The second kappa shape index (κ2) is 4.58. The van der Waals surface area contributed by atoms with Crippen LogP contribution in [0.4, 0.5) is 4.39 Å². The van der Waals surface area contributed by atoms with Crippen molar-refractivity contribution < 1.29 is 4.39 Å². The first-order valence-corrected chi connectivity index (χ1v) is 5.86. The van der Waals surface area contributed by atoms with Gasteiger partial charge in [0.1, 0.15) is 6.17 Å². The molecular weight excluding hydrogens is 179 g/mol. The van der Waals surface area contributed by atoms with Crippen LogP contribution in [0.2, 0.25) is 0 Å².